The minimum atomic E-state index is -0.731. The Labute approximate surface area is 123 Å². The number of nitrogens with one attached hydrogen (secondary N) is 1. The van der Waals surface area contributed by atoms with Crippen LogP contribution in [0, 0.1) is 0 Å². The number of nitrogens with two attached hydrogens (primary N) is 1. The highest BCUT2D eigenvalue weighted by atomic mass is 35.5. The van der Waals surface area contributed by atoms with Crippen LogP contribution in [0.15, 0.2) is 0 Å². The van der Waals surface area contributed by atoms with Gasteiger partial charge in [0.25, 0.3) is 0 Å². The van der Waals surface area contributed by atoms with Gasteiger partial charge in [0.05, 0.1) is 5.54 Å². The van der Waals surface area contributed by atoms with Crippen LogP contribution >= 0.6 is 12.4 Å². The topological polar surface area (TPSA) is 58.4 Å². The molecule has 1 amide bonds. The Hall–Kier alpha value is -0.320. The number of carbonyl (C=O) groups excluding carboxylic acids is 1. The molecule has 19 heavy (non-hydrogen) atoms. The zero-order chi connectivity index (χ0) is 13.6. The third-order valence-corrected chi connectivity index (χ3v) is 3.65. The van der Waals surface area contributed by atoms with E-state index in [1.165, 1.54) is 19.3 Å². The normalized spacial score (nSPS) is 21.1. The molecule has 1 saturated heterocycles. The zero-order valence-electron chi connectivity index (χ0n) is 12.6. The van der Waals surface area contributed by atoms with E-state index in [1.54, 1.807) is 0 Å². The lowest BCUT2D eigenvalue weighted by molar-refractivity contribution is -0.126. The maximum atomic E-state index is 12.1. The van der Waals surface area contributed by atoms with Gasteiger partial charge in [-0.25, -0.2) is 0 Å². The molecule has 1 heterocycles. The van der Waals surface area contributed by atoms with Crippen molar-refractivity contribution < 1.29 is 4.79 Å². The first-order valence-electron chi connectivity index (χ1n) is 7.28. The molecule has 1 rings (SSSR count). The molecule has 0 aliphatic carbocycles. The highest BCUT2D eigenvalue weighted by Crippen LogP contribution is 2.11. The van der Waals surface area contributed by atoms with Crippen LogP contribution in [0.3, 0.4) is 0 Å². The number of hydrogen-bond donors (Lipinski definition) is 2. The fraction of sp³-hybridized carbons (Fsp3) is 0.929. The first kappa shape index (κ1) is 18.7. The second-order valence-corrected chi connectivity index (χ2v) is 5.90. The van der Waals surface area contributed by atoms with E-state index >= 15 is 0 Å². The van der Waals surface area contributed by atoms with Gasteiger partial charge in [-0.15, -0.1) is 12.4 Å². The van der Waals surface area contributed by atoms with E-state index < -0.39 is 5.54 Å². The summed E-state index contributed by atoms with van der Waals surface area (Å²) in [5.74, 6) is -0.0196. The van der Waals surface area contributed by atoms with Crippen LogP contribution < -0.4 is 11.1 Å². The summed E-state index contributed by atoms with van der Waals surface area (Å²) in [6, 6.07) is 0.176. The number of rotatable bonds is 6. The summed E-state index contributed by atoms with van der Waals surface area (Å²) in [6.07, 6.45) is 5.57. The van der Waals surface area contributed by atoms with E-state index in [9.17, 15) is 4.79 Å². The molecule has 3 N–H and O–H groups in total. The van der Waals surface area contributed by atoms with Crippen molar-refractivity contribution in [2.24, 2.45) is 5.73 Å². The number of hydrogen-bond acceptors (Lipinski definition) is 3. The van der Waals surface area contributed by atoms with E-state index in [-0.39, 0.29) is 24.4 Å². The molecule has 0 saturated carbocycles. The molecule has 0 aromatic rings. The Morgan fingerprint density at radius 1 is 1.37 bits per heavy atom. The average Bonchev–Trinajstić information content (AvgIpc) is 2.29. The number of nitrogens with zero attached hydrogens (tertiary/aromatic N) is 1. The van der Waals surface area contributed by atoms with Crippen LogP contribution in [0.4, 0.5) is 0 Å². The third-order valence-electron chi connectivity index (χ3n) is 3.65. The third kappa shape index (κ3) is 6.59. The van der Waals surface area contributed by atoms with Crippen LogP contribution in [0.25, 0.3) is 0 Å². The van der Waals surface area contributed by atoms with Crippen molar-refractivity contribution in [1.82, 2.24) is 10.2 Å². The van der Waals surface area contributed by atoms with E-state index in [4.69, 9.17) is 5.73 Å². The largest absolute Gasteiger partial charge is 0.351 e. The van der Waals surface area contributed by atoms with Crippen LogP contribution in [0.5, 0.6) is 0 Å². The quantitative estimate of drug-likeness (QED) is 0.786. The van der Waals surface area contributed by atoms with Crippen molar-refractivity contribution in [1.29, 1.82) is 0 Å². The molecule has 1 aliphatic heterocycles. The Bertz CT molecular complexity index is 265. The predicted molar refractivity (Wildman–Crippen MR) is 82.6 cm³/mol. The summed E-state index contributed by atoms with van der Waals surface area (Å²) in [5, 5.41) is 3.05. The van der Waals surface area contributed by atoms with Gasteiger partial charge in [-0.05, 0) is 46.2 Å². The average molecular weight is 292 g/mol. The van der Waals surface area contributed by atoms with Crippen molar-refractivity contribution in [3.8, 4) is 0 Å². The van der Waals surface area contributed by atoms with Crippen molar-refractivity contribution in [2.75, 3.05) is 19.6 Å². The van der Waals surface area contributed by atoms with Gasteiger partial charge >= 0.3 is 0 Å². The monoisotopic (exact) mass is 291 g/mol. The molecule has 0 bridgehead atoms. The summed E-state index contributed by atoms with van der Waals surface area (Å²) in [7, 11) is 0. The second-order valence-electron chi connectivity index (χ2n) is 5.90. The highest BCUT2D eigenvalue weighted by Gasteiger charge is 2.28. The standard InChI is InChI=1S/C14H29N3O.ClH/c1-4-8-14(3,15)13(18)16-12(2)11-17-9-6-5-7-10-17;/h12H,4-11,15H2,1-3H3,(H,16,18);1H. The van der Waals surface area contributed by atoms with Gasteiger partial charge < -0.3 is 16.0 Å². The zero-order valence-corrected chi connectivity index (χ0v) is 13.4. The lowest BCUT2D eigenvalue weighted by Gasteiger charge is -2.31. The van der Waals surface area contributed by atoms with Crippen molar-refractivity contribution in [3.63, 3.8) is 0 Å². The van der Waals surface area contributed by atoms with Crippen LogP contribution in [0.2, 0.25) is 0 Å². The van der Waals surface area contributed by atoms with Gasteiger partial charge in [0.15, 0.2) is 0 Å². The molecule has 4 nitrogen and oxygen atoms in total. The lowest BCUT2D eigenvalue weighted by atomic mass is 9.96. The van der Waals surface area contributed by atoms with Crippen molar-refractivity contribution in [2.45, 2.75) is 64.5 Å². The molecule has 5 heteroatoms. The van der Waals surface area contributed by atoms with Gasteiger partial charge in [0.1, 0.15) is 0 Å². The molecule has 1 fully saturated rings. The smallest absolute Gasteiger partial charge is 0.240 e. The maximum Gasteiger partial charge on any atom is 0.240 e. The fourth-order valence-electron chi connectivity index (χ4n) is 2.60. The number of amides is 1. The highest BCUT2D eigenvalue weighted by molar-refractivity contribution is 5.86. The molecule has 2 atom stereocenters. The molecule has 114 valence electrons. The van der Waals surface area contributed by atoms with Gasteiger partial charge in [-0.3, -0.25) is 4.79 Å². The van der Waals surface area contributed by atoms with E-state index in [0.717, 1.165) is 32.5 Å². The first-order valence-corrected chi connectivity index (χ1v) is 7.28. The van der Waals surface area contributed by atoms with E-state index in [0.29, 0.717) is 0 Å². The van der Waals surface area contributed by atoms with Crippen molar-refractivity contribution >= 4 is 18.3 Å². The number of piperidine rings is 1. The number of carbonyl (C=O) groups is 1. The van der Waals surface area contributed by atoms with Gasteiger partial charge in [0, 0.05) is 12.6 Å². The summed E-state index contributed by atoms with van der Waals surface area (Å²) in [4.78, 5) is 14.5. The Morgan fingerprint density at radius 3 is 2.47 bits per heavy atom. The number of likely N-dealkylation sites (tertiary alicyclic amines) is 1. The molecule has 0 spiro atoms. The number of halogens is 1. The van der Waals surface area contributed by atoms with E-state index in [1.807, 2.05) is 6.92 Å². The van der Waals surface area contributed by atoms with E-state index in [2.05, 4.69) is 24.1 Å². The fourth-order valence-corrected chi connectivity index (χ4v) is 2.60. The predicted octanol–water partition coefficient (Wildman–Crippen LogP) is 1.92. The summed E-state index contributed by atoms with van der Waals surface area (Å²) in [6.45, 7) is 9.20. The Morgan fingerprint density at radius 2 is 1.95 bits per heavy atom. The molecule has 0 aromatic heterocycles. The molecular formula is C14H30ClN3O. The van der Waals surface area contributed by atoms with Crippen LogP contribution in [0.1, 0.15) is 52.9 Å². The summed E-state index contributed by atoms with van der Waals surface area (Å²) in [5.41, 5.74) is 5.30. The second kappa shape index (κ2) is 8.77. The minimum absolute atomic E-state index is 0. The SMILES string of the molecule is CCCC(C)(N)C(=O)NC(C)CN1CCCCC1.Cl. The van der Waals surface area contributed by atoms with Crippen LogP contribution in [-0.4, -0.2) is 42.0 Å². The lowest BCUT2D eigenvalue weighted by Crippen LogP contribution is -2.55. The minimum Gasteiger partial charge on any atom is -0.351 e. The first-order chi connectivity index (χ1) is 8.45. The van der Waals surface area contributed by atoms with Gasteiger partial charge in [0.2, 0.25) is 5.91 Å². The van der Waals surface area contributed by atoms with Crippen molar-refractivity contribution in [3.05, 3.63) is 0 Å². The van der Waals surface area contributed by atoms with Crippen LogP contribution in [-0.2, 0) is 4.79 Å². The Balaban J connectivity index is 0.00000324. The molecule has 0 radical (unpaired) electrons. The molecular weight excluding hydrogens is 262 g/mol. The Kier molecular flexibility index (Phi) is 8.62. The van der Waals surface area contributed by atoms with Gasteiger partial charge in [-0.1, -0.05) is 19.8 Å². The molecule has 0 aromatic carbocycles. The molecule has 2 unspecified atom stereocenters. The maximum absolute atomic E-state index is 12.1. The summed E-state index contributed by atoms with van der Waals surface area (Å²) >= 11 is 0. The molecule has 1 aliphatic rings. The van der Waals surface area contributed by atoms with Gasteiger partial charge in [-0.2, -0.15) is 0 Å². The summed E-state index contributed by atoms with van der Waals surface area (Å²) < 4.78 is 0.